The molecule has 7 heteroatoms. The molecule has 0 fully saturated rings. The molecule has 2 rings (SSSR count). The summed E-state index contributed by atoms with van der Waals surface area (Å²) in [6.45, 7) is 3.58. The lowest BCUT2D eigenvalue weighted by atomic mass is 10.1. The lowest BCUT2D eigenvalue weighted by Crippen LogP contribution is -2.38. The van der Waals surface area contributed by atoms with E-state index < -0.39 is 11.5 Å². The highest BCUT2D eigenvalue weighted by atomic mass is 16.4. The first-order valence-electron chi connectivity index (χ1n) is 7.46. The normalized spacial score (nSPS) is 12.1. The standard InChI is InChI=1S/C16H19N3O4/c1-3-6-10(2)17-13(20)9-19-15(21)12-8-5-4-7-11(12)14(18-19)16(22)23/h4-5,7-8,10H,3,6,9H2,1-2H3,(H,17,20)(H,22,23)/t10-/m0/s1. The Morgan fingerprint density at radius 2 is 1.96 bits per heavy atom. The van der Waals surface area contributed by atoms with Crippen molar-refractivity contribution in [2.45, 2.75) is 39.3 Å². The van der Waals surface area contributed by atoms with E-state index >= 15 is 0 Å². The molecule has 1 aromatic heterocycles. The van der Waals surface area contributed by atoms with Crippen molar-refractivity contribution in [2.75, 3.05) is 0 Å². The minimum absolute atomic E-state index is 0.0115. The fraction of sp³-hybridized carbons (Fsp3) is 0.375. The molecule has 122 valence electrons. The van der Waals surface area contributed by atoms with Crippen molar-refractivity contribution in [3.63, 3.8) is 0 Å². The van der Waals surface area contributed by atoms with E-state index in [1.54, 1.807) is 12.1 Å². The first-order chi connectivity index (χ1) is 10.9. The van der Waals surface area contributed by atoms with Crippen LogP contribution in [0.15, 0.2) is 29.1 Å². The predicted molar refractivity (Wildman–Crippen MR) is 85.5 cm³/mol. The predicted octanol–water partition coefficient (Wildman–Crippen LogP) is 1.40. The summed E-state index contributed by atoms with van der Waals surface area (Å²) < 4.78 is 0.903. The number of carboxylic acid groups (broad SMARTS) is 1. The van der Waals surface area contributed by atoms with Gasteiger partial charge in [0.25, 0.3) is 5.56 Å². The lowest BCUT2D eigenvalue weighted by molar-refractivity contribution is -0.122. The van der Waals surface area contributed by atoms with Crippen LogP contribution in [0.5, 0.6) is 0 Å². The molecule has 0 radical (unpaired) electrons. The van der Waals surface area contributed by atoms with Gasteiger partial charge in [0, 0.05) is 11.4 Å². The quantitative estimate of drug-likeness (QED) is 0.838. The zero-order chi connectivity index (χ0) is 17.0. The molecule has 2 N–H and O–H groups in total. The molecule has 0 spiro atoms. The lowest BCUT2D eigenvalue weighted by Gasteiger charge is -2.13. The molecule has 0 aliphatic rings. The number of carboxylic acids is 1. The van der Waals surface area contributed by atoms with Crippen LogP contribution in [0.4, 0.5) is 0 Å². The summed E-state index contributed by atoms with van der Waals surface area (Å²) in [7, 11) is 0. The smallest absolute Gasteiger partial charge is 0.357 e. The highest BCUT2D eigenvalue weighted by Crippen LogP contribution is 2.13. The molecule has 0 saturated heterocycles. The molecule has 1 atom stereocenters. The van der Waals surface area contributed by atoms with Gasteiger partial charge in [0.1, 0.15) is 6.54 Å². The summed E-state index contributed by atoms with van der Waals surface area (Å²) >= 11 is 0. The molecule has 0 aliphatic heterocycles. The molecule has 1 aromatic carbocycles. The molecule has 7 nitrogen and oxygen atoms in total. The molecule has 0 bridgehead atoms. The number of hydrogen-bond donors (Lipinski definition) is 2. The third-order valence-electron chi connectivity index (χ3n) is 3.49. The number of carbonyl (C=O) groups is 2. The monoisotopic (exact) mass is 317 g/mol. The van der Waals surface area contributed by atoms with Crippen molar-refractivity contribution >= 4 is 22.6 Å². The van der Waals surface area contributed by atoms with Gasteiger partial charge in [-0.15, -0.1) is 0 Å². The largest absolute Gasteiger partial charge is 0.476 e. The van der Waals surface area contributed by atoms with Gasteiger partial charge in [0.2, 0.25) is 5.91 Å². The van der Waals surface area contributed by atoms with Gasteiger partial charge in [0.15, 0.2) is 5.69 Å². The number of nitrogens with zero attached hydrogens (tertiary/aromatic N) is 2. The Kier molecular flexibility index (Phi) is 5.10. The van der Waals surface area contributed by atoms with Crippen LogP contribution in [0.3, 0.4) is 0 Å². The van der Waals surface area contributed by atoms with Crippen LogP contribution in [0.2, 0.25) is 0 Å². The average molecular weight is 317 g/mol. The Balaban J connectivity index is 2.38. The number of aromatic nitrogens is 2. The number of amides is 1. The number of carbonyl (C=O) groups excluding carboxylic acids is 1. The SMILES string of the molecule is CCC[C@H](C)NC(=O)Cn1nc(C(=O)O)c2ccccc2c1=O. The fourth-order valence-corrected chi connectivity index (χ4v) is 2.46. The first kappa shape index (κ1) is 16.7. The summed E-state index contributed by atoms with van der Waals surface area (Å²) in [5.74, 6) is -1.61. The highest BCUT2D eigenvalue weighted by Gasteiger charge is 2.17. The van der Waals surface area contributed by atoms with Crippen molar-refractivity contribution in [1.82, 2.24) is 15.1 Å². The van der Waals surface area contributed by atoms with Crippen LogP contribution < -0.4 is 10.9 Å². The second-order valence-electron chi connectivity index (χ2n) is 5.42. The number of aromatic carboxylic acids is 1. The molecule has 0 unspecified atom stereocenters. The third-order valence-corrected chi connectivity index (χ3v) is 3.49. The van der Waals surface area contributed by atoms with Gasteiger partial charge < -0.3 is 10.4 Å². The van der Waals surface area contributed by atoms with Gasteiger partial charge in [-0.2, -0.15) is 5.10 Å². The minimum atomic E-state index is -1.24. The number of rotatable bonds is 6. The van der Waals surface area contributed by atoms with Crippen LogP contribution in [-0.4, -0.2) is 32.8 Å². The van der Waals surface area contributed by atoms with Crippen molar-refractivity contribution in [2.24, 2.45) is 0 Å². The van der Waals surface area contributed by atoms with E-state index in [9.17, 15) is 19.5 Å². The summed E-state index contributed by atoms with van der Waals surface area (Å²) in [5, 5.41) is 16.4. The van der Waals surface area contributed by atoms with Crippen molar-refractivity contribution < 1.29 is 14.7 Å². The topological polar surface area (TPSA) is 101 Å². The van der Waals surface area contributed by atoms with E-state index in [-0.39, 0.29) is 35.0 Å². The average Bonchev–Trinajstić information content (AvgIpc) is 2.50. The molecular formula is C16H19N3O4. The molecular weight excluding hydrogens is 298 g/mol. The Labute approximate surface area is 132 Å². The summed E-state index contributed by atoms with van der Waals surface area (Å²) in [6, 6.07) is 6.33. The molecule has 0 saturated carbocycles. The van der Waals surface area contributed by atoms with Crippen LogP contribution in [0, 0.1) is 0 Å². The van der Waals surface area contributed by atoms with E-state index in [0.29, 0.717) is 0 Å². The van der Waals surface area contributed by atoms with Gasteiger partial charge in [-0.05, 0) is 19.4 Å². The number of fused-ring (bicyclic) bond motifs is 1. The van der Waals surface area contributed by atoms with E-state index in [2.05, 4.69) is 10.4 Å². The van der Waals surface area contributed by atoms with Crippen LogP contribution in [0.25, 0.3) is 10.8 Å². The Hall–Kier alpha value is -2.70. The van der Waals surface area contributed by atoms with Gasteiger partial charge in [-0.25, -0.2) is 9.48 Å². The van der Waals surface area contributed by atoms with Crippen molar-refractivity contribution in [1.29, 1.82) is 0 Å². The van der Waals surface area contributed by atoms with E-state index in [1.165, 1.54) is 12.1 Å². The number of nitrogens with one attached hydrogen (secondary N) is 1. The maximum absolute atomic E-state index is 12.4. The van der Waals surface area contributed by atoms with Gasteiger partial charge in [-0.1, -0.05) is 31.5 Å². The van der Waals surface area contributed by atoms with Crippen LogP contribution >= 0.6 is 0 Å². The maximum Gasteiger partial charge on any atom is 0.357 e. The number of hydrogen-bond acceptors (Lipinski definition) is 4. The van der Waals surface area contributed by atoms with Gasteiger partial charge >= 0.3 is 5.97 Å². The molecule has 1 heterocycles. The summed E-state index contributed by atoms with van der Waals surface area (Å²) in [5.41, 5.74) is -0.724. The highest BCUT2D eigenvalue weighted by molar-refractivity contribution is 6.01. The second kappa shape index (κ2) is 7.04. The van der Waals surface area contributed by atoms with Crippen molar-refractivity contribution in [3.8, 4) is 0 Å². The molecule has 2 aromatic rings. The zero-order valence-electron chi connectivity index (χ0n) is 13.1. The Bertz CT molecular complexity index is 798. The molecule has 1 amide bonds. The molecule has 0 aliphatic carbocycles. The summed E-state index contributed by atoms with van der Waals surface area (Å²) in [6.07, 6.45) is 1.75. The Morgan fingerprint density at radius 1 is 1.30 bits per heavy atom. The second-order valence-corrected chi connectivity index (χ2v) is 5.42. The van der Waals surface area contributed by atoms with E-state index in [4.69, 9.17) is 0 Å². The maximum atomic E-state index is 12.4. The zero-order valence-corrected chi connectivity index (χ0v) is 13.1. The fourth-order valence-electron chi connectivity index (χ4n) is 2.46. The van der Waals surface area contributed by atoms with Crippen LogP contribution in [0.1, 0.15) is 37.2 Å². The number of benzene rings is 1. The minimum Gasteiger partial charge on any atom is -0.476 e. The third kappa shape index (κ3) is 3.74. The van der Waals surface area contributed by atoms with E-state index in [0.717, 1.165) is 17.5 Å². The first-order valence-corrected chi connectivity index (χ1v) is 7.46. The van der Waals surface area contributed by atoms with E-state index in [1.807, 2.05) is 13.8 Å². The van der Waals surface area contributed by atoms with Gasteiger partial charge in [-0.3, -0.25) is 9.59 Å². The van der Waals surface area contributed by atoms with Crippen molar-refractivity contribution in [3.05, 3.63) is 40.3 Å². The Morgan fingerprint density at radius 3 is 2.57 bits per heavy atom. The van der Waals surface area contributed by atoms with Crippen LogP contribution in [-0.2, 0) is 11.3 Å². The molecule has 23 heavy (non-hydrogen) atoms. The summed E-state index contributed by atoms with van der Waals surface area (Å²) in [4.78, 5) is 35.7. The van der Waals surface area contributed by atoms with Gasteiger partial charge in [0.05, 0.1) is 5.39 Å².